The number of aliphatic carboxylic acids is 1. The van der Waals surface area contributed by atoms with Crippen LogP contribution >= 0.6 is 0 Å². The van der Waals surface area contributed by atoms with E-state index in [1.54, 1.807) is 6.20 Å². The molecule has 1 aromatic heterocycles. The number of aryl methyl sites for hydroxylation is 1. The van der Waals surface area contributed by atoms with E-state index in [-0.39, 0.29) is 24.4 Å². The quantitative estimate of drug-likeness (QED) is 0.471. The molecular weight excluding hydrogens is 448 g/mol. The molecule has 190 valence electrons. The van der Waals surface area contributed by atoms with Gasteiger partial charge in [0.05, 0.1) is 25.3 Å². The van der Waals surface area contributed by atoms with Crippen LogP contribution in [-0.2, 0) is 22.4 Å². The molecule has 0 aliphatic carbocycles. The third-order valence-corrected chi connectivity index (χ3v) is 7.18. The Hall–Kier alpha value is -2.91. The van der Waals surface area contributed by atoms with Gasteiger partial charge in [0.25, 0.3) is 0 Å². The van der Waals surface area contributed by atoms with Crippen molar-refractivity contribution in [3.63, 3.8) is 0 Å². The van der Waals surface area contributed by atoms with Crippen molar-refractivity contribution in [2.45, 2.75) is 51.0 Å². The van der Waals surface area contributed by atoms with Crippen LogP contribution < -0.4 is 10.5 Å². The van der Waals surface area contributed by atoms with Crippen LogP contribution in [0.2, 0.25) is 0 Å². The lowest BCUT2D eigenvalue weighted by Crippen LogP contribution is -2.45. The number of fused-ring (bicyclic) bond motifs is 1. The molecule has 1 saturated heterocycles. The van der Waals surface area contributed by atoms with E-state index in [1.165, 1.54) is 6.26 Å². The normalized spacial score (nSPS) is 21.6. The number of ether oxygens (including phenoxy) is 1. The van der Waals surface area contributed by atoms with Crippen molar-refractivity contribution in [2.75, 3.05) is 39.3 Å². The number of likely N-dealkylation sites (tertiary alicyclic amines) is 1. The van der Waals surface area contributed by atoms with Gasteiger partial charge in [-0.25, -0.2) is 4.98 Å². The molecule has 1 aromatic carbocycles. The summed E-state index contributed by atoms with van der Waals surface area (Å²) < 4.78 is 11.0. The summed E-state index contributed by atoms with van der Waals surface area (Å²) in [5, 5.41) is 10.3. The summed E-state index contributed by atoms with van der Waals surface area (Å²) in [6.07, 6.45) is 6.90. The monoisotopic (exact) mass is 484 g/mol. The number of nitrogens with two attached hydrogens (primary N) is 1. The van der Waals surface area contributed by atoms with Crippen LogP contribution in [0.1, 0.15) is 49.1 Å². The number of hydrogen-bond acceptors (Lipinski definition) is 7. The third kappa shape index (κ3) is 5.85. The van der Waals surface area contributed by atoms with Crippen LogP contribution in [0.4, 0.5) is 0 Å². The highest BCUT2D eigenvalue weighted by Crippen LogP contribution is 2.41. The van der Waals surface area contributed by atoms with E-state index >= 15 is 0 Å². The number of rotatable bonds is 12. The third-order valence-electron chi connectivity index (χ3n) is 7.18. The Kier molecular flexibility index (Phi) is 8.41. The van der Waals surface area contributed by atoms with Gasteiger partial charge in [-0.1, -0.05) is 25.5 Å². The Labute approximate surface area is 206 Å². The number of aromatic nitrogens is 1. The van der Waals surface area contributed by atoms with Crippen molar-refractivity contribution in [1.82, 2.24) is 14.8 Å². The summed E-state index contributed by atoms with van der Waals surface area (Å²) in [7, 11) is 0. The lowest BCUT2D eigenvalue weighted by molar-refractivity contribution is -0.143. The Bertz CT molecular complexity index is 996. The molecule has 2 aliphatic rings. The molecule has 3 heterocycles. The number of carbonyl (C=O) groups excluding carboxylic acids is 1. The minimum atomic E-state index is -0.844. The highest BCUT2D eigenvalue weighted by Gasteiger charge is 2.47. The zero-order chi connectivity index (χ0) is 24.8. The van der Waals surface area contributed by atoms with Crippen molar-refractivity contribution in [1.29, 1.82) is 0 Å². The highest BCUT2D eigenvalue weighted by atomic mass is 16.5. The van der Waals surface area contributed by atoms with Gasteiger partial charge in [0.1, 0.15) is 12.0 Å². The molecule has 0 saturated carbocycles. The average Bonchev–Trinajstić information content (AvgIpc) is 3.59. The summed E-state index contributed by atoms with van der Waals surface area (Å²) >= 11 is 0. The molecule has 2 aromatic rings. The van der Waals surface area contributed by atoms with Gasteiger partial charge in [-0.2, -0.15) is 0 Å². The summed E-state index contributed by atoms with van der Waals surface area (Å²) in [5.41, 5.74) is 7.87. The second kappa shape index (κ2) is 11.7. The molecule has 3 atom stereocenters. The van der Waals surface area contributed by atoms with Crippen molar-refractivity contribution >= 4 is 11.9 Å². The molecule has 0 spiro atoms. The fourth-order valence-electron chi connectivity index (χ4n) is 5.41. The largest absolute Gasteiger partial charge is 0.493 e. The number of hydrogen-bond donors (Lipinski definition) is 2. The van der Waals surface area contributed by atoms with Crippen molar-refractivity contribution in [3.05, 3.63) is 47.7 Å². The van der Waals surface area contributed by atoms with Gasteiger partial charge < -0.3 is 24.9 Å². The van der Waals surface area contributed by atoms with Gasteiger partial charge in [0.2, 0.25) is 5.91 Å². The molecule has 4 rings (SSSR count). The minimum Gasteiger partial charge on any atom is -0.493 e. The van der Waals surface area contributed by atoms with Crippen LogP contribution in [0.3, 0.4) is 0 Å². The van der Waals surface area contributed by atoms with Gasteiger partial charge in [-0.15, -0.1) is 0 Å². The van der Waals surface area contributed by atoms with Gasteiger partial charge in [0.15, 0.2) is 5.89 Å². The summed E-state index contributed by atoms with van der Waals surface area (Å²) in [6, 6.07) is 5.69. The number of unbranched alkanes of at least 4 members (excludes halogenated alkanes) is 1. The van der Waals surface area contributed by atoms with Gasteiger partial charge in [-0.3, -0.25) is 14.5 Å². The van der Waals surface area contributed by atoms with Crippen molar-refractivity contribution in [2.24, 2.45) is 11.7 Å². The first-order valence-electron chi connectivity index (χ1n) is 12.6. The van der Waals surface area contributed by atoms with Crippen LogP contribution in [-0.4, -0.2) is 77.1 Å². The van der Waals surface area contributed by atoms with E-state index in [4.69, 9.17) is 14.9 Å². The molecule has 9 heteroatoms. The predicted molar refractivity (Wildman–Crippen MR) is 130 cm³/mol. The van der Waals surface area contributed by atoms with Gasteiger partial charge in [0, 0.05) is 51.0 Å². The minimum absolute atomic E-state index is 0.00262. The second-order valence-electron chi connectivity index (χ2n) is 9.42. The number of carbonyl (C=O) groups is 2. The summed E-state index contributed by atoms with van der Waals surface area (Å²) in [6.45, 7) is 4.99. The number of oxazole rings is 1. The number of nitrogens with zero attached hydrogens (tertiary/aromatic N) is 3. The lowest BCUT2D eigenvalue weighted by atomic mass is 9.83. The maximum atomic E-state index is 13.3. The average molecular weight is 485 g/mol. The standard InChI is InChI=1S/C26H36N4O5/c1-2-3-11-29(12-9-27)24(31)17-30-16-20(18-4-6-22-19(15-18)8-13-34-22)25(26(32)33)21(30)5-7-23-28-10-14-35-23/h4,6,10,14-15,20-21,25H,2-3,5,7-9,11-13,16-17,27H2,1H3,(H,32,33)/t20-,21+,25-/m1/s1. The molecule has 3 N–H and O–H groups in total. The zero-order valence-electron chi connectivity index (χ0n) is 20.4. The molecule has 1 amide bonds. The first-order valence-corrected chi connectivity index (χ1v) is 12.6. The fourth-order valence-corrected chi connectivity index (χ4v) is 5.41. The first kappa shape index (κ1) is 25.2. The van der Waals surface area contributed by atoms with E-state index in [2.05, 4.69) is 18.0 Å². The summed E-state index contributed by atoms with van der Waals surface area (Å²) in [5.74, 6) is -0.261. The van der Waals surface area contributed by atoms with Crippen LogP contribution in [0, 0.1) is 5.92 Å². The number of carboxylic acid groups (broad SMARTS) is 1. The Morgan fingerprint density at radius 2 is 2.17 bits per heavy atom. The van der Waals surface area contributed by atoms with E-state index in [0.717, 1.165) is 36.1 Å². The predicted octanol–water partition coefficient (Wildman–Crippen LogP) is 2.30. The zero-order valence-corrected chi connectivity index (χ0v) is 20.4. The molecule has 0 bridgehead atoms. The van der Waals surface area contributed by atoms with Gasteiger partial charge >= 0.3 is 5.97 Å². The smallest absolute Gasteiger partial charge is 0.308 e. The maximum absolute atomic E-state index is 13.3. The Morgan fingerprint density at radius 1 is 1.31 bits per heavy atom. The molecular formula is C26H36N4O5. The molecule has 35 heavy (non-hydrogen) atoms. The molecule has 2 aliphatic heterocycles. The topological polar surface area (TPSA) is 122 Å². The van der Waals surface area contributed by atoms with E-state index in [0.29, 0.717) is 51.5 Å². The molecule has 0 unspecified atom stereocenters. The van der Waals surface area contributed by atoms with E-state index < -0.39 is 11.9 Å². The van der Waals surface area contributed by atoms with Crippen LogP contribution in [0.5, 0.6) is 5.75 Å². The molecule has 9 nitrogen and oxygen atoms in total. The number of carboxylic acids is 1. The second-order valence-corrected chi connectivity index (χ2v) is 9.42. The summed E-state index contributed by atoms with van der Waals surface area (Å²) in [4.78, 5) is 33.9. The Morgan fingerprint density at radius 3 is 2.89 bits per heavy atom. The van der Waals surface area contributed by atoms with E-state index in [1.807, 2.05) is 21.9 Å². The Balaban J connectivity index is 1.58. The van der Waals surface area contributed by atoms with E-state index in [9.17, 15) is 14.7 Å². The van der Waals surface area contributed by atoms with Crippen molar-refractivity contribution in [3.8, 4) is 5.75 Å². The first-order chi connectivity index (χ1) is 17.0. The lowest BCUT2D eigenvalue weighted by Gasteiger charge is -2.29. The molecule has 0 radical (unpaired) electrons. The van der Waals surface area contributed by atoms with Crippen LogP contribution in [0.25, 0.3) is 0 Å². The fraction of sp³-hybridized carbons (Fsp3) is 0.577. The number of benzene rings is 1. The van der Waals surface area contributed by atoms with Crippen LogP contribution in [0.15, 0.2) is 35.1 Å². The SMILES string of the molecule is CCCCN(CCN)C(=O)CN1C[C@H](c2ccc3c(c2)CCO3)[C@@H](C(=O)O)[C@@H]1CCc1ncco1. The maximum Gasteiger partial charge on any atom is 0.308 e. The highest BCUT2D eigenvalue weighted by molar-refractivity contribution is 5.79. The van der Waals surface area contributed by atoms with Crippen molar-refractivity contribution < 1.29 is 23.8 Å². The van der Waals surface area contributed by atoms with Gasteiger partial charge in [-0.05, 0) is 30.0 Å². The molecule has 1 fully saturated rings. The number of amides is 1.